The van der Waals surface area contributed by atoms with E-state index in [1.165, 1.54) is 0 Å². The second-order valence-electron chi connectivity index (χ2n) is 4.60. The summed E-state index contributed by atoms with van der Waals surface area (Å²) < 4.78 is 0. The molecule has 0 aliphatic rings. The minimum Gasteiger partial charge on any atom is -0.370 e. The van der Waals surface area contributed by atoms with Gasteiger partial charge in [-0.3, -0.25) is 4.79 Å². The molecule has 0 atom stereocenters. The van der Waals surface area contributed by atoms with Crippen LogP contribution in [0.1, 0.15) is 26.7 Å². The van der Waals surface area contributed by atoms with Gasteiger partial charge in [-0.05, 0) is 12.8 Å². The van der Waals surface area contributed by atoms with E-state index >= 15 is 0 Å². The molecule has 1 heterocycles. The summed E-state index contributed by atoms with van der Waals surface area (Å²) in [6, 6.07) is 1.79. The molecule has 0 unspecified atom stereocenters. The first-order chi connectivity index (χ1) is 9.56. The maximum absolute atomic E-state index is 11.7. The van der Waals surface area contributed by atoms with Gasteiger partial charge in [0.2, 0.25) is 11.9 Å². The lowest BCUT2D eigenvalue weighted by molar-refractivity contribution is -0.119. The Kier molecular flexibility index (Phi) is 6.55. The Balaban J connectivity index is 2.68. The van der Waals surface area contributed by atoms with Gasteiger partial charge in [0, 0.05) is 26.2 Å². The second-order valence-corrected chi connectivity index (χ2v) is 4.60. The van der Waals surface area contributed by atoms with Gasteiger partial charge in [0.1, 0.15) is 11.6 Å². The van der Waals surface area contributed by atoms with Crippen LogP contribution in [0.15, 0.2) is 6.07 Å². The van der Waals surface area contributed by atoms with E-state index in [2.05, 4.69) is 27.5 Å². The summed E-state index contributed by atoms with van der Waals surface area (Å²) in [5.74, 6) is 1.47. The topological polar surface area (TPSA) is 96.2 Å². The number of carbonyl (C=O) groups excluding carboxylic acids is 1. The molecule has 112 valence electrons. The van der Waals surface area contributed by atoms with Gasteiger partial charge in [-0.2, -0.15) is 9.97 Å². The molecule has 0 aliphatic carbocycles. The first-order valence-electron chi connectivity index (χ1n) is 6.93. The van der Waals surface area contributed by atoms with Crippen LogP contribution in [0.4, 0.5) is 17.6 Å². The van der Waals surface area contributed by atoms with Crippen LogP contribution in [0.25, 0.3) is 0 Å². The Morgan fingerprint density at radius 3 is 2.65 bits per heavy atom. The molecule has 0 aliphatic heterocycles. The third-order valence-electron chi connectivity index (χ3n) is 2.63. The summed E-state index contributed by atoms with van der Waals surface area (Å²) in [6.45, 7) is 5.82. The lowest BCUT2D eigenvalue weighted by atomic mass is 10.4. The van der Waals surface area contributed by atoms with E-state index in [-0.39, 0.29) is 18.4 Å². The van der Waals surface area contributed by atoms with Gasteiger partial charge in [0.05, 0.1) is 6.54 Å². The molecule has 0 saturated heterocycles. The number of nitrogens with zero attached hydrogens (tertiary/aromatic N) is 3. The van der Waals surface area contributed by atoms with E-state index in [1.807, 2.05) is 6.92 Å². The summed E-state index contributed by atoms with van der Waals surface area (Å²) in [5.41, 5.74) is 5.69. The second kappa shape index (κ2) is 8.19. The molecule has 0 aromatic carbocycles. The standard InChI is InChI=1S/C13H24N6O/c1-4-6-15-10-8-11(18-13(14)17-10)19(3)9-12(20)16-7-5-2/h8H,4-7,9H2,1-3H3,(H,16,20)(H3,14,15,17,18). The van der Waals surface area contributed by atoms with Crippen molar-refractivity contribution in [3.05, 3.63) is 6.07 Å². The predicted octanol–water partition coefficient (Wildman–Crippen LogP) is 0.843. The molecule has 0 saturated carbocycles. The van der Waals surface area contributed by atoms with E-state index in [9.17, 15) is 4.79 Å². The average Bonchev–Trinajstić information content (AvgIpc) is 2.42. The number of anilines is 3. The number of nitrogens with one attached hydrogen (secondary N) is 2. The quantitative estimate of drug-likeness (QED) is 0.653. The lowest BCUT2D eigenvalue weighted by Gasteiger charge is -2.18. The molecule has 0 radical (unpaired) electrons. The molecule has 0 bridgehead atoms. The minimum absolute atomic E-state index is 0.0328. The third kappa shape index (κ3) is 5.29. The summed E-state index contributed by atoms with van der Waals surface area (Å²) >= 11 is 0. The van der Waals surface area contributed by atoms with Crippen molar-refractivity contribution in [3.8, 4) is 0 Å². The Bertz CT molecular complexity index is 437. The first-order valence-corrected chi connectivity index (χ1v) is 6.93. The zero-order valence-corrected chi connectivity index (χ0v) is 12.4. The fourth-order valence-electron chi connectivity index (χ4n) is 1.61. The third-order valence-corrected chi connectivity index (χ3v) is 2.63. The number of rotatable bonds is 8. The molecule has 4 N–H and O–H groups in total. The highest BCUT2D eigenvalue weighted by atomic mass is 16.2. The molecule has 1 amide bonds. The Morgan fingerprint density at radius 2 is 2.00 bits per heavy atom. The molecule has 20 heavy (non-hydrogen) atoms. The number of nitrogen functional groups attached to an aromatic ring is 1. The fraction of sp³-hybridized carbons (Fsp3) is 0.615. The van der Waals surface area contributed by atoms with Crippen LogP contribution in [-0.4, -0.2) is 42.6 Å². The van der Waals surface area contributed by atoms with E-state index in [0.717, 1.165) is 19.4 Å². The SMILES string of the molecule is CCCNC(=O)CN(C)c1cc(NCCC)nc(N)n1. The van der Waals surface area contributed by atoms with Crippen LogP contribution in [0.2, 0.25) is 0 Å². The van der Waals surface area contributed by atoms with Crippen molar-refractivity contribution < 1.29 is 4.79 Å². The summed E-state index contributed by atoms with van der Waals surface area (Å²) in [7, 11) is 1.80. The first kappa shape index (κ1) is 16.0. The number of hydrogen-bond acceptors (Lipinski definition) is 6. The Hall–Kier alpha value is -2.05. The van der Waals surface area contributed by atoms with Crippen LogP contribution in [0.3, 0.4) is 0 Å². The summed E-state index contributed by atoms with van der Waals surface area (Å²) in [6.07, 6.45) is 1.91. The molecule has 1 aromatic rings. The van der Waals surface area contributed by atoms with E-state index in [0.29, 0.717) is 18.2 Å². The number of amides is 1. The largest absolute Gasteiger partial charge is 0.370 e. The van der Waals surface area contributed by atoms with Crippen LogP contribution in [0.5, 0.6) is 0 Å². The van der Waals surface area contributed by atoms with Gasteiger partial charge in [0.15, 0.2) is 0 Å². The highest BCUT2D eigenvalue weighted by molar-refractivity contribution is 5.81. The minimum atomic E-state index is -0.0328. The average molecular weight is 280 g/mol. The molecule has 1 rings (SSSR count). The highest BCUT2D eigenvalue weighted by Gasteiger charge is 2.10. The van der Waals surface area contributed by atoms with Gasteiger partial charge in [-0.25, -0.2) is 0 Å². The van der Waals surface area contributed by atoms with Crippen molar-refractivity contribution in [2.24, 2.45) is 0 Å². The van der Waals surface area contributed by atoms with E-state index < -0.39 is 0 Å². The van der Waals surface area contributed by atoms with Gasteiger partial charge < -0.3 is 21.3 Å². The summed E-state index contributed by atoms with van der Waals surface area (Å²) in [4.78, 5) is 21.7. The number of hydrogen-bond donors (Lipinski definition) is 3. The maximum atomic E-state index is 11.7. The molecular formula is C13H24N6O. The molecule has 7 heteroatoms. The summed E-state index contributed by atoms with van der Waals surface area (Å²) in [5, 5.41) is 5.99. The monoisotopic (exact) mass is 280 g/mol. The van der Waals surface area contributed by atoms with Crippen molar-refractivity contribution in [2.45, 2.75) is 26.7 Å². The van der Waals surface area contributed by atoms with Crippen LogP contribution in [-0.2, 0) is 4.79 Å². The number of nitrogens with two attached hydrogens (primary N) is 1. The number of carbonyl (C=O) groups is 1. The zero-order chi connectivity index (χ0) is 15.0. The smallest absolute Gasteiger partial charge is 0.239 e. The van der Waals surface area contributed by atoms with Crippen LogP contribution < -0.4 is 21.3 Å². The van der Waals surface area contributed by atoms with Gasteiger partial charge in [-0.1, -0.05) is 13.8 Å². The van der Waals surface area contributed by atoms with Crippen molar-refractivity contribution in [1.82, 2.24) is 15.3 Å². The van der Waals surface area contributed by atoms with Crippen LogP contribution >= 0.6 is 0 Å². The zero-order valence-electron chi connectivity index (χ0n) is 12.4. The molecule has 0 fully saturated rings. The Labute approximate surface area is 120 Å². The fourth-order valence-corrected chi connectivity index (χ4v) is 1.61. The van der Waals surface area contributed by atoms with Crippen molar-refractivity contribution in [1.29, 1.82) is 0 Å². The Morgan fingerprint density at radius 1 is 1.30 bits per heavy atom. The molecular weight excluding hydrogens is 256 g/mol. The predicted molar refractivity (Wildman–Crippen MR) is 81.8 cm³/mol. The normalized spacial score (nSPS) is 10.2. The lowest BCUT2D eigenvalue weighted by Crippen LogP contribution is -2.36. The molecule has 0 spiro atoms. The highest BCUT2D eigenvalue weighted by Crippen LogP contribution is 2.15. The molecule has 1 aromatic heterocycles. The van der Waals surface area contributed by atoms with Crippen molar-refractivity contribution in [3.63, 3.8) is 0 Å². The van der Waals surface area contributed by atoms with E-state index in [4.69, 9.17) is 5.73 Å². The van der Waals surface area contributed by atoms with Crippen molar-refractivity contribution >= 4 is 23.5 Å². The van der Waals surface area contributed by atoms with Gasteiger partial charge in [-0.15, -0.1) is 0 Å². The van der Waals surface area contributed by atoms with Gasteiger partial charge >= 0.3 is 0 Å². The number of likely N-dealkylation sites (N-methyl/N-ethyl adjacent to an activating group) is 1. The van der Waals surface area contributed by atoms with E-state index in [1.54, 1.807) is 18.0 Å². The maximum Gasteiger partial charge on any atom is 0.239 e. The number of aromatic nitrogens is 2. The molecule has 7 nitrogen and oxygen atoms in total. The van der Waals surface area contributed by atoms with Crippen LogP contribution in [0, 0.1) is 0 Å². The van der Waals surface area contributed by atoms with Gasteiger partial charge in [0.25, 0.3) is 0 Å². The van der Waals surface area contributed by atoms with Crippen molar-refractivity contribution in [2.75, 3.05) is 42.6 Å².